The van der Waals surface area contributed by atoms with Crippen LogP contribution in [0.4, 0.5) is 0 Å². The number of allylic oxidation sites excluding steroid dienone is 1. The zero-order chi connectivity index (χ0) is 12.5. The molecule has 1 heterocycles. The normalized spacial score (nSPS) is 12.6. The molecule has 0 aliphatic carbocycles. The first-order chi connectivity index (χ1) is 8.26. The fourth-order valence-electron chi connectivity index (χ4n) is 1.89. The molecule has 0 amide bonds. The maximum absolute atomic E-state index is 9.79. The molecule has 2 nitrogen and oxygen atoms in total. The summed E-state index contributed by atoms with van der Waals surface area (Å²) in [6, 6.07) is 3.98. The van der Waals surface area contributed by atoms with Crippen LogP contribution in [0.3, 0.4) is 0 Å². The Hall–Kier alpha value is -1.02. The highest BCUT2D eigenvalue weighted by Crippen LogP contribution is 2.14. The number of hydrogen-bond acceptors (Lipinski definition) is 2. The van der Waals surface area contributed by atoms with Crippen LogP contribution in [-0.4, -0.2) is 11.2 Å². The molecule has 0 radical (unpaired) electrons. The van der Waals surface area contributed by atoms with Crippen LogP contribution in [-0.2, 0) is 12.8 Å². The number of furan rings is 1. The van der Waals surface area contributed by atoms with Crippen LogP contribution < -0.4 is 0 Å². The second-order valence-corrected chi connectivity index (χ2v) is 4.55. The number of unbranched alkanes of at least 4 members (excludes halogenated alkanes) is 2. The van der Waals surface area contributed by atoms with Gasteiger partial charge in [0.25, 0.3) is 0 Å². The van der Waals surface area contributed by atoms with E-state index in [2.05, 4.69) is 13.5 Å². The lowest BCUT2D eigenvalue weighted by molar-refractivity contribution is 0.149. The average Bonchev–Trinajstić information content (AvgIpc) is 2.75. The Morgan fingerprint density at radius 3 is 2.76 bits per heavy atom. The van der Waals surface area contributed by atoms with Gasteiger partial charge in [-0.15, -0.1) is 6.58 Å². The number of hydrogen-bond donors (Lipinski definition) is 1. The van der Waals surface area contributed by atoms with E-state index in [1.54, 1.807) is 0 Å². The first-order valence-electron chi connectivity index (χ1n) is 6.62. The minimum atomic E-state index is -0.186. The Labute approximate surface area is 104 Å². The van der Waals surface area contributed by atoms with E-state index in [4.69, 9.17) is 4.42 Å². The molecule has 17 heavy (non-hydrogen) atoms. The summed E-state index contributed by atoms with van der Waals surface area (Å²) in [4.78, 5) is 0. The van der Waals surface area contributed by atoms with Crippen molar-refractivity contribution in [3.63, 3.8) is 0 Å². The van der Waals surface area contributed by atoms with Crippen LogP contribution in [0.15, 0.2) is 29.2 Å². The lowest BCUT2D eigenvalue weighted by Crippen LogP contribution is -2.07. The van der Waals surface area contributed by atoms with E-state index in [9.17, 15) is 5.11 Å². The van der Waals surface area contributed by atoms with Gasteiger partial charge < -0.3 is 9.52 Å². The van der Waals surface area contributed by atoms with Gasteiger partial charge in [0.2, 0.25) is 0 Å². The van der Waals surface area contributed by atoms with Crippen molar-refractivity contribution in [3.8, 4) is 0 Å². The first-order valence-corrected chi connectivity index (χ1v) is 6.62. The van der Waals surface area contributed by atoms with Crippen molar-refractivity contribution in [1.82, 2.24) is 0 Å². The van der Waals surface area contributed by atoms with Crippen molar-refractivity contribution >= 4 is 0 Å². The Bertz CT molecular complexity index is 314. The highest BCUT2D eigenvalue weighted by molar-refractivity contribution is 5.09. The molecular formula is C15H24O2. The van der Waals surface area contributed by atoms with E-state index in [-0.39, 0.29) is 6.10 Å². The molecule has 0 aliphatic heterocycles. The van der Waals surface area contributed by atoms with Crippen molar-refractivity contribution in [2.45, 2.75) is 58.0 Å². The van der Waals surface area contributed by atoms with E-state index in [0.29, 0.717) is 0 Å². The molecule has 1 N–H and O–H groups in total. The molecule has 0 saturated heterocycles. The highest BCUT2D eigenvalue weighted by Gasteiger charge is 2.06. The molecule has 1 atom stereocenters. The Kier molecular flexibility index (Phi) is 6.71. The van der Waals surface area contributed by atoms with Crippen molar-refractivity contribution in [3.05, 3.63) is 36.3 Å². The monoisotopic (exact) mass is 236 g/mol. The molecule has 1 aromatic rings. The van der Waals surface area contributed by atoms with Crippen LogP contribution in [0.2, 0.25) is 0 Å². The molecule has 0 aromatic carbocycles. The smallest absolute Gasteiger partial charge is 0.107 e. The third-order valence-corrected chi connectivity index (χ3v) is 2.93. The predicted molar refractivity (Wildman–Crippen MR) is 71.1 cm³/mol. The van der Waals surface area contributed by atoms with E-state index in [0.717, 1.165) is 43.6 Å². The van der Waals surface area contributed by atoms with E-state index in [1.807, 2.05) is 18.2 Å². The van der Waals surface area contributed by atoms with Gasteiger partial charge >= 0.3 is 0 Å². The van der Waals surface area contributed by atoms with Gasteiger partial charge in [0.15, 0.2) is 0 Å². The molecule has 2 heteroatoms. The zero-order valence-corrected chi connectivity index (χ0v) is 10.8. The zero-order valence-electron chi connectivity index (χ0n) is 10.8. The molecule has 1 unspecified atom stereocenters. The Morgan fingerprint density at radius 2 is 2.06 bits per heavy atom. The lowest BCUT2D eigenvalue weighted by Gasteiger charge is -2.08. The quantitative estimate of drug-likeness (QED) is 0.521. The van der Waals surface area contributed by atoms with Crippen LogP contribution in [0, 0.1) is 0 Å². The van der Waals surface area contributed by atoms with Crippen molar-refractivity contribution < 1.29 is 9.52 Å². The third-order valence-electron chi connectivity index (χ3n) is 2.93. The number of aliphatic hydroxyl groups excluding tert-OH is 1. The molecule has 96 valence electrons. The first kappa shape index (κ1) is 14.0. The Balaban J connectivity index is 2.21. The molecule has 1 aromatic heterocycles. The topological polar surface area (TPSA) is 33.4 Å². The van der Waals surface area contributed by atoms with Crippen molar-refractivity contribution in [2.24, 2.45) is 0 Å². The Morgan fingerprint density at radius 1 is 1.29 bits per heavy atom. The van der Waals surface area contributed by atoms with Gasteiger partial charge in [-0.3, -0.25) is 0 Å². The van der Waals surface area contributed by atoms with Crippen molar-refractivity contribution in [1.29, 1.82) is 0 Å². The minimum Gasteiger partial charge on any atom is -0.466 e. The van der Waals surface area contributed by atoms with Crippen LogP contribution in [0.5, 0.6) is 0 Å². The van der Waals surface area contributed by atoms with Crippen LogP contribution in [0.1, 0.15) is 50.5 Å². The summed E-state index contributed by atoms with van der Waals surface area (Å²) < 4.78 is 5.62. The second kappa shape index (κ2) is 8.13. The fourth-order valence-corrected chi connectivity index (χ4v) is 1.89. The van der Waals surface area contributed by atoms with Crippen LogP contribution >= 0.6 is 0 Å². The standard InChI is InChI=1S/C15H24O2/c1-3-5-6-8-13(16)9-10-15-12-11-14(17-15)7-4-2/h4,11-13,16H,2-3,5-10H2,1H3. The van der Waals surface area contributed by atoms with Crippen LogP contribution in [0.25, 0.3) is 0 Å². The summed E-state index contributed by atoms with van der Waals surface area (Å²) >= 11 is 0. The van der Waals surface area contributed by atoms with Gasteiger partial charge in [0, 0.05) is 12.8 Å². The number of aliphatic hydroxyl groups is 1. The van der Waals surface area contributed by atoms with Crippen molar-refractivity contribution in [2.75, 3.05) is 0 Å². The molecule has 0 bridgehead atoms. The minimum absolute atomic E-state index is 0.186. The summed E-state index contributed by atoms with van der Waals surface area (Å²) in [5, 5.41) is 9.79. The fraction of sp³-hybridized carbons (Fsp3) is 0.600. The molecule has 1 rings (SSSR count). The van der Waals surface area contributed by atoms with E-state index < -0.39 is 0 Å². The molecule has 0 fully saturated rings. The largest absolute Gasteiger partial charge is 0.466 e. The molecule has 0 spiro atoms. The van der Waals surface area contributed by atoms with Gasteiger partial charge in [-0.2, -0.15) is 0 Å². The van der Waals surface area contributed by atoms with Gasteiger partial charge in [-0.1, -0.05) is 32.3 Å². The highest BCUT2D eigenvalue weighted by atomic mass is 16.3. The molecule has 0 aliphatic rings. The second-order valence-electron chi connectivity index (χ2n) is 4.55. The van der Waals surface area contributed by atoms with Gasteiger partial charge in [0.1, 0.15) is 11.5 Å². The van der Waals surface area contributed by atoms with E-state index >= 15 is 0 Å². The summed E-state index contributed by atoms with van der Waals surface area (Å²) in [5.74, 6) is 1.92. The summed E-state index contributed by atoms with van der Waals surface area (Å²) in [7, 11) is 0. The lowest BCUT2D eigenvalue weighted by atomic mass is 10.1. The van der Waals surface area contributed by atoms with Gasteiger partial charge in [-0.05, 0) is 25.0 Å². The van der Waals surface area contributed by atoms with E-state index in [1.165, 1.54) is 12.8 Å². The summed E-state index contributed by atoms with van der Waals surface area (Å²) in [6.45, 7) is 5.86. The SMILES string of the molecule is C=CCc1ccc(CCC(O)CCCCC)o1. The summed E-state index contributed by atoms with van der Waals surface area (Å²) in [5.41, 5.74) is 0. The number of aryl methyl sites for hydroxylation is 1. The number of rotatable bonds is 9. The van der Waals surface area contributed by atoms with Gasteiger partial charge in [0.05, 0.1) is 6.10 Å². The third kappa shape index (κ3) is 5.73. The summed E-state index contributed by atoms with van der Waals surface area (Å²) in [6.07, 6.45) is 8.49. The maximum atomic E-state index is 9.79. The van der Waals surface area contributed by atoms with Gasteiger partial charge in [-0.25, -0.2) is 0 Å². The predicted octanol–water partition coefficient (Wildman–Crippen LogP) is 3.88. The average molecular weight is 236 g/mol. The molecular weight excluding hydrogens is 212 g/mol. The maximum Gasteiger partial charge on any atom is 0.107 e. The molecule has 0 saturated carbocycles.